The Morgan fingerprint density at radius 3 is 2.29 bits per heavy atom. The van der Waals surface area contributed by atoms with E-state index in [4.69, 9.17) is 0 Å². The Morgan fingerprint density at radius 1 is 0.857 bits per heavy atom. The first-order chi connectivity index (χ1) is 10.1. The van der Waals surface area contributed by atoms with Gasteiger partial charge >= 0.3 is 6.29 Å². The van der Waals surface area contributed by atoms with Crippen LogP contribution in [-0.2, 0) is 0 Å². The molecule has 0 fully saturated rings. The molecule has 2 aromatic rings. The second-order valence-corrected chi connectivity index (χ2v) is 4.49. The van der Waals surface area contributed by atoms with Crippen molar-refractivity contribution in [2.45, 2.75) is 6.29 Å². The molecular formula is C16H10F2O3. The maximum Gasteiger partial charge on any atom is 0.586 e. The summed E-state index contributed by atoms with van der Waals surface area (Å²) in [6, 6.07) is 11.6. The summed E-state index contributed by atoms with van der Waals surface area (Å²) in [5, 5.41) is 0. The van der Waals surface area contributed by atoms with Gasteiger partial charge in [-0.05, 0) is 29.3 Å². The molecule has 0 radical (unpaired) electrons. The third-order valence-corrected chi connectivity index (χ3v) is 2.94. The maximum absolute atomic E-state index is 12.9. The smallest absolute Gasteiger partial charge is 0.395 e. The molecule has 1 heterocycles. The average Bonchev–Trinajstić information content (AvgIpc) is 2.78. The minimum Gasteiger partial charge on any atom is -0.395 e. The lowest BCUT2D eigenvalue weighted by molar-refractivity contribution is -0.286. The van der Waals surface area contributed by atoms with Crippen LogP contribution in [0.2, 0.25) is 0 Å². The molecule has 0 amide bonds. The van der Waals surface area contributed by atoms with Crippen LogP contribution in [0.5, 0.6) is 11.5 Å². The second-order valence-electron chi connectivity index (χ2n) is 4.49. The molecule has 0 saturated carbocycles. The van der Waals surface area contributed by atoms with Crippen molar-refractivity contribution in [3.8, 4) is 11.5 Å². The average molecular weight is 288 g/mol. The lowest BCUT2D eigenvalue weighted by atomic mass is 10.1. The third-order valence-electron chi connectivity index (χ3n) is 2.94. The topological polar surface area (TPSA) is 35.5 Å². The van der Waals surface area contributed by atoms with Gasteiger partial charge < -0.3 is 9.47 Å². The van der Waals surface area contributed by atoms with Crippen LogP contribution in [0.4, 0.5) is 8.78 Å². The first-order valence-corrected chi connectivity index (χ1v) is 6.19. The van der Waals surface area contributed by atoms with E-state index in [0.29, 0.717) is 11.1 Å². The van der Waals surface area contributed by atoms with Gasteiger partial charge in [-0.2, -0.15) is 0 Å². The van der Waals surface area contributed by atoms with Crippen LogP contribution in [0.25, 0.3) is 12.2 Å². The van der Waals surface area contributed by atoms with E-state index in [0.717, 1.165) is 11.8 Å². The van der Waals surface area contributed by atoms with Crippen LogP contribution in [0, 0.1) is 0 Å². The van der Waals surface area contributed by atoms with E-state index in [1.165, 1.54) is 12.1 Å². The summed E-state index contributed by atoms with van der Waals surface area (Å²) in [6.45, 7) is 0. The molecule has 0 aromatic heterocycles. The molecule has 0 bridgehead atoms. The molecule has 0 saturated heterocycles. The fraction of sp³-hybridized carbons (Fsp3) is 0.0625. The first-order valence-electron chi connectivity index (χ1n) is 6.19. The molecule has 1 aliphatic heterocycles. The van der Waals surface area contributed by atoms with E-state index in [1.54, 1.807) is 36.4 Å². The van der Waals surface area contributed by atoms with E-state index in [9.17, 15) is 13.6 Å². The zero-order valence-corrected chi connectivity index (χ0v) is 10.8. The van der Waals surface area contributed by atoms with Gasteiger partial charge in [0.1, 0.15) is 6.29 Å². The number of aldehydes is 1. The minimum atomic E-state index is -3.61. The first kappa shape index (κ1) is 13.3. The van der Waals surface area contributed by atoms with Gasteiger partial charge in [0.05, 0.1) is 0 Å². The largest absolute Gasteiger partial charge is 0.586 e. The monoisotopic (exact) mass is 288 g/mol. The van der Waals surface area contributed by atoms with Gasteiger partial charge in [0.15, 0.2) is 11.5 Å². The minimum absolute atomic E-state index is 0.00351. The molecule has 0 spiro atoms. The van der Waals surface area contributed by atoms with Crippen LogP contribution < -0.4 is 9.47 Å². The Hall–Kier alpha value is -2.69. The summed E-state index contributed by atoms with van der Waals surface area (Å²) in [4.78, 5) is 10.7. The number of carbonyl (C=O) groups is 1. The number of benzene rings is 2. The summed E-state index contributed by atoms with van der Waals surface area (Å²) >= 11 is 0. The lowest BCUT2D eigenvalue weighted by Crippen LogP contribution is -2.25. The summed E-state index contributed by atoms with van der Waals surface area (Å²) in [5.74, 6) is 0.0175. The molecule has 0 atom stereocenters. The van der Waals surface area contributed by atoms with Crippen molar-refractivity contribution in [3.63, 3.8) is 0 Å². The van der Waals surface area contributed by atoms with E-state index < -0.39 is 6.29 Å². The number of fused-ring (bicyclic) bond motifs is 1. The van der Waals surface area contributed by atoms with Gasteiger partial charge in [-0.1, -0.05) is 36.4 Å². The lowest BCUT2D eigenvalue weighted by Gasteiger charge is -2.04. The van der Waals surface area contributed by atoms with Crippen molar-refractivity contribution in [1.29, 1.82) is 0 Å². The van der Waals surface area contributed by atoms with Crippen molar-refractivity contribution in [2.24, 2.45) is 0 Å². The zero-order chi connectivity index (χ0) is 14.9. The fourth-order valence-corrected chi connectivity index (χ4v) is 2.00. The summed E-state index contributed by atoms with van der Waals surface area (Å²) in [6.07, 6.45) is 0.676. The van der Waals surface area contributed by atoms with Crippen LogP contribution >= 0.6 is 0 Å². The Labute approximate surface area is 119 Å². The van der Waals surface area contributed by atoms with E-state index in [2.05, 4.69) is 9.47 Å². The molecular weight excluding hydrogens is 278 g/mol. The third kappa shape index (κ3) is 2.91. The number of hydrogen-bond acceptors (Lipinski definition) is 3. The van der Waals surface area contributed by atoms with Crippen LogP contribution in [0.15, 0.2) is 42.5 Å². The molecule has 106 valence electrons. The molecule has 1 aliphatic rings. The van der Waals surface area contributed by atoms with Gasteiger partial charge in [-0.3, -0.25) is 4.79 Å². The number of carbonyl (C=O) groups excluding carboxylic acids is 1. The highest BCUT2D eigenvalue weighted by atomic mass is 19.3. The van der Waals surface area contributed by atoms with Gasteiger partial charge in [0.25, 0.3) is 0 Å². The standard InChI is InChI=1S/C16H10F2O3/c17-16(18)20-14-7-6-12(9-15(14)21-16)5-4-11-2-1-3-13(8-11)10-19/h1-10H. The van der Waals surface area contributed by atoms with Crippen LogP contribution in [0.1, 0.15) is 21.5 Å². The summed E-state index contributed by atoms with van der Waals surface area (Å²) in [7, 11) is 0. The predicted octanol–water partition coefficient (Wildman–Crippen LogP) is 3.99. The van der Waals surface area contributed by atoms with Crippen LogP contribution in [0.3, 0.4) is 0 Å². The Balaban J connectivity index is 1.83. The van der Waals surface area contributed by atoms with E-state index in [1.807, 2.05) is 6.07 Å². The number of ether oxygens (including phenoxy) is 2. The molecule has 0 aliphatic carbocycles. The molecule has 3 nitrogen and oxygen atoms in total. The summed E-state index contributed by atoms with van der Waals surface area (Å²) < 4.78 is 34.5. The number of alkyl halides is 2. The molecule has 2 aromatic carbocycles. The van der Waals surface area contributed by atoms with Gasteiger partial charge in [0, 0.05) is 5.56 Å². The predicted molar refractivity (Wildman–Crippen MR) is 73.4 cm³/mol. The highest BCUT2D eigenvalue weighted by Gasteiger charge is 2.43. The van der Waals surface area contributed by atoms with Crippen LogP contribution in [-0.4, -0.2) is 12.6 Å². The number of rotatable bonds is 3. The van der Waals surface area contributed by atoms with Crippen molar-refractivity contribution >= 4 is 18.4 Å². The zero-order valence-electron chi connectivity index (χ0n) is 10.8. The van der Waals surface area contributed by atoms with E-state index >= 15 is 0 Å². The number of hydrogen-bond donors (Lipinski definition) is 0. The molecule has 5 heteroatoms. The number of halogens is 2. The van der Waals surface area contributed by atoms with Crippen molar-refractivity contribution in [1.82, 2.24) is 0 Å². The highest BCUT2D eigenvalue weighted by molar-refractivity contribution is 5.78. The Bertz CT molecular complexity index is 723. The molecule has 0 N–H and O–H groups in total. The SMILES string of the molecule is O=Cc1cccc(C=Cc2ccc3c(c2)OC(F)(F)O3)c1. The highest BCUT2D eigenvalue weighted by Crippen LogP contribution is 2.41. The molecule has 0 unspecified atom stereocenters. The van der Waals surface area contributed by atoms with Crippen molar-refractivity contribution in [3.05, 3.63) is 59.2 Å². The Morgan fingerprint density at radius 2 is 1.52 bits per heavy atom. The summed E-state index contributed by atoms with van der Waals surface area (Å²) in [5.41, 5.74) is 2.09. The second kappa shape index (κ2) is 5.01. The van der Waals surface area contributed by atoms with E-state index in [-0.39, 0.29) is 11.5 Å². The van der Waals surface area contributed by atoms with Crippen molar-refractivity contribution in [2.75, 3.05) is 0 Å². The molecule has 3 rings (SSSR count). The van der Waals surface area contributed by atoms with Gasteiger partial charge in [0.2, 0.25) is 0 Å². The van der Waals surface area contributed by atoms with Crippen molar-refractivity contribution < 1.29 is 23.0 Å². The maximum atomic E-state index is 12.9. The van der Waals surface area contributed by atoms with Gasteiger partial charge in [-0.25, -0.2) is 0 Å². The van der Waals surface area contributed by atoms with Gasteiger partial charge in [-0.15, -0.1) is 8.78 Å². The normalized spacial score (nSPS) is 15.3. The quantitative estimate of drug-likeness (QED) is 0.632. The fourth-order valence-electron chi connectivity index (χ4n) is 2.00. The Kier molecular flexibility index (Phi) is 3.17. The molecule has 21 heavy (non-hydrogen) atoms.